The molecule has 1 heterocycles. The van der Waals surface area contributed by atoms with Gasteiger partial charge in [0.2, 0.25) is 0 Å². The molecule has 2 rings (SSSR count). The molecule has 1 saturated heterocycles. The summed E-state index contributed by atoms with van der Waals surface area (Å²) in [5, 5.41) is 3.25. The van der Waals surface area contributed by atoms with Crippen molar-refractivity contribution in [3.63, 3.8) is 0 Å². The van der Waals surface area contributed by atoms with Gasteiger partial charge in [-0.05, 0) is 44.5 Å². The first kappa shape index (κ1) is 16.6. The number of nitrogens with two attached hydrogens (primary N) is 1. The first-order chi connectivity index (χ1) is 10.6. The van der Waals surface area contributed by atoms with Crippen LogP contribution in [0.1, 0.15) is 30.9 Å². The number of ether oxygens (including phenoxy) is 1. The van der Waals surface area contributed by atoms with Crippen LogP contribution in [0.5, 0.6) is 5.75 Å². The molecule has 0 saturated carbocycles. The number of hydrogen-bond acceptors (Lipinski definition) is 3. The molecule has 0 spiro atoms. The second kappa shape index (κ2) is 8.03. The monoisotopic (exact) mass is 304 g/mol. The topological polar surface area (TPSA) is 62.9 Å². The highest BCUT2D eigenvalue weighted by molar-refractivity contribution is 5.77. The summed E-state index contributed by atoms with van der Waals surface area (Å²) in [6, 6.07) is 6.70. The predicted octanol–water partition coefficient (Wildman–Crippen LogP) is 1.89. The third kappa shape index (κ3) is 4.37. The van der Waals surface area contributed by atoms with Crippen LogP contribution < -0.4 is 15.8 Å². The number of likely N-dealkylation sites (tertiary alicyclic amines) is 1. The molecule has 5 heteroatoms. The van der Waals surface area contributed by atoms with E-state index in [1.807, 2.05) is 19.1 Å². The van der Waals surface area contributed by atoms with Crippen LogP contribution in [0.25, 0.3) is 0 Å². The first-order valence-corrected chi connectivity index (χ1v) is 8.05. The first-order valence-electron chi connectivity index (χ1n) is 8.05. The quantitative estimate of drug-likeness (QED) is 0.622. The molecule has 1 fully saturated rings. The molecular formula is C17H28N4O. The Morgan fingerprint density at radius 3 is 3.05 bits per heavy atom. The van der Waals surface area contributed by atoms with Crippen LogP contribution >= 0.6 is 0 Å². The molecule has 5 nitrogen and oxygen atoms in total. The van der Waals surface area contributed by atoms with Crippen molar-refractivity contribution in [1.29, 1.82) is 0 Å². The molecule has 1 aromatic carbocycles. The van der Waals surface area contributed by atoms with Crippen molar-refractivity contribution in [2.75, 3.05) is 26.7 Å². The fraction of sp³-hybridized carbons (Fsp3) is 0.588. The summed E-state index contributed by atoms with van der Waals surface area (Å²) in [6.07, 6.45) is 2.51. The number of aryl methyl sites for hydroxylation is 1. The number of hydrogen-bond donors (Lipinski definition) is 2. The van der Waals surface area contributed by atoms with E-state index in [-0.39, 0.29) is 0 Å². The Labute approximate surface area is 133 Å². The molecule has 1 aliphatic heterocycles. The van der Waals surface area contributed by atoms with Crippen LogP contribution in [-0.4, -0.2) is 43.6 Å². The smallest absolute Gasteiger partial charge is 0.188 e. The molecule has 3 N–H and O–H groups in total. The van der Waals surface area contributed by atoms with Gasteiger partial charge in [-0.3, -0.25) is 4.90 Å². The van der Waals surface area contributed by atoms with Crippen LogP contribution in [0.2, 0.25) is 0 Å². The van der Waals surface area contributed by atoms with Crippen molar-refractivity contribution in [1.82, 2.24) is 10.2 Å². The van der Waals surface area contributed by atoms with Crippen molar-refractivity contribution in [3.8, 4) is 5.75 Å². The largest absolute Gasteiger partial charge is 0.496 e. The summed E-state index contributed by atoms with van der Waals surface area (Å²) in [5.74, 6) is 1.37. The van der Waals surface area contributed by atoms with Gasteiger partial charge in [0.25, 0.3) is 0 Å². The summed E-state index contributed by atoms with van der Waals surface area (Å²) in [4.78, 5) is 6.92. The number of aliphatic imine (C=N–C) groups is 1. The maximum Gasteiger partial charge on any atom is 0.188 e. The lowest BCUT2D eigenvalue weighted by Gasteiger charge is -2.23. The van der Waals surface area contributed by atoms with Gasteiger partial charge in [0.05, 0.1) is 13.7 Å². The van der Waals surface area contributed by atoms with E-state index in [1.165, 1.54) is 24.9 Å². The minimum atomic E-state index is 0.505. The SMILES string of the molecule is CCN1CCCC1CNC(N)=NCc1ccc(C)cc1OC. The standard InChI is InChI=1S/C17H28N4O/c1-4-21-9-5-6-15(21)12-20-17(18)19-11-14-8-7-13(2)10-16(14)22-3/h7-8,10,15H,4-6,9,11-12H2,1-3H3,(H3,18,19,20). The maximum atomic E-state index is 5.99. The van der Waals surface area contributed by atoms with Crippen LogP contribution in [0.15, 0.2) is 23.2 Å². The van der Waals surface area contributed by atoms with Crippen molar-refractivity contribution < 1.29 is 4.74 Å². The van der Waals surface area contributed by atoms with Crippen LogP contribution in [0, 0.1) is 6.92 Å². The van der Waals surface area contributed by atoms with Gasteiger partial charge < -0.3 is 15.8 Å². The van der Waals surface area contributed by atoms with Crippen LogP contribution in [0.4, 0.5) is 0 Å². The van der Waals surface area contributed by atoms with E-state index < -0.39 is 0 Å². The third-order valence-corrected chi connectivity index (χ3v) is 4.29. The van der Waals surface area contributed by atoms with E-state index >= 15 is 0 Å². The van der Waals surface area contributed by atoms with Gasteiger partial charge in [-0.1, -0.05) is 19.1 Å². The molecule has 22 heavy (non-hydrogen) atoms. The van der Waals surface area contributed by atoms with Gasteiger partial charge in [0.15, 0.2) is 5.96 Å². The molecule has 0 amide bonds. The van der Waals surface area contributed by atoms with Crippen molar-refractivity contribution in [2.24, 2.45) is 10.7 Å². The highest BCUT2D eigenvalue weighted by Gasteiger charge is 2.22. The zero-order chi connectivity index (χ0) is 15.9. The number of nitrogens with zero attached hydrogens (tertiary/aromatic N) is 2. The summed E-state index contributed by atoms with van der Waals surface area (Å²) < 4.78 is 5.39. The molecule has 0 aliphatic carbocycles. The molecule has 1 aromatic rings. The number of benzene rings is 1. The summed E-state index contributed by atoms with van der Waals surface area (Å²) in [7, 11) is 1.68. The molecule has 0 aromatic heterocycles. The molecule has 1 atom stereocenters. The van der Waals surface area contributed by atoms with Gasteiger partial charge in [-0.2, -0.15) is 0 Å². The molecule has 122 valence electrons. The van der Waals surface area contributed by atoms with Crippen LogP contribution in [-0.2, 0) is 6.54 Å². The van der Waals surface area contributed by atoms with E-state index in [0.717, 1.165) is 24.4 Å². The van der Waals surface area contributed by atoms with Gasteiger partial charge in [-0.15, -0.1) is 0 Å². The van der Waals surface area contributed by atoms with E-state index in [0.29, 0.717) is 18.5 Å². The fourth-order valence-electron chi connectivity index (χ4n) is 2.97. The normalized spacial score (nSPS) is 19.4. The Bertz CT molecular complexity index is 515. The lowest BCUT2D eigenvalue weighted by Crippen LogP contribution is -2.42. The average Bonchev–Trinajstić information content (AvgIpc) is 2.99. The number of guanidine groups is 1. The Morgan fingerprint density at radius 1 is 1.50 bits per heavy atom. The Balaban J connectivity index is 1.87. The van der Waals surface area contributed by atoms with Crippen molar-refractivity contribution in [3.05, 3.63) is 29.3 Å². The van der Waals surface area contributed by atoms with Crippen molar-refractivity contribution >= 4 is 5.96 Å². The predicted molar refractivity (Wildman–Crippen MR) is 91.3 cm³/mol. The zero-order valence-electron chi connectivity index (χ0n) is 13.9. The van der Waals surface area contributed by atoms with E-state index in [9.17, 15) is 0 Å². The summed E-state index contributed by atoms with van der Waals surface area (Å²) in [6.45, 7) is 7.95. The number of methoxy groups -OCH3 is 1. The minimum absolute atomic E-state index is 0.505. The number of nitrogens with one attached hydrogen (secondary N) is 1. The average molecular weight is 304 g/mol. The molecule has 1 aliphatic rings. The highest BCUT2D eigenvalue weighted by atomic mass is 16.5. The zero-order valence-corrected chi connectivity index (χ0v) is 13.9. The molecular weight excluding hydrogens is 276 g/mol. The lowest BCUT2D eigenvalue weighted by atomic mass is 10.1. The Morgan fingerprint density at radius 2 is 2.32 bits per heavy atom. The van der Waals surface area contributed by atoms with Gasteiger partial charge in [0, 0.05) is 18.2 Å². The summed E-state index contributed by atoms with van der Waals surface area (Å²) in [5.41, 5.74) is 8.21. The third-order valence-electron chi connectivity index (χ3n) is 4.29. The molecule has 0 bridgehead atoms. The van der Waals surface area contributed by atoms with Gasteiger partial charge in [0.1, 0.15) is 5.75 Å². The van der Waals surface area contributed by atoms with Gasteiger partial charge in [-0.25, -0.2) is 4.99 Å². The second-order valence-corrected chi connectivity index (χ2v) is 5.82. The van der Waals surface area contributed by atoms with E-state index in [4.69, 9.17) is 10.5 Å². The molecule has 1 unspecified atom stereocenters. The maximum absolute atomic E-state index is 5.99. The van der Waals surface area contributed by atoms with Crippen LogP contribution in [0.3, 0.4) is 0 Å². The van der Waals surface area contributed by atoms with E-state index in [1.54, 1.807) is 7.11 Å². The highest BCUT2D eigenvalue weighted by Crippen LogP contribution is 2.20. The Hall–Kier alpha value is -1.75. The number of rotatable bonds is 6. The van der Waals surface area contributed by atoms with Crippen molar-refractivity contribution in [2.45, 2.75) is 39.3 Å². The summed E-state index contributed by atoms with van der Waals surface area (Å²) >= 11 is 0. The van der Waals surface area contributed by atoms with E-state index in [2.05, 4.69) is 28.2 Å². The second-order valence-electron chi connectivity index (χ2n) is 5.82. The molecule has 0 radical (unpaired) electrons. The lowest BCUT2D eigenvalue weighted by molar-refractivity contribution is 0.267. The number of likely N-dealkylation sites (N-methyl/N-ethyl adjacent to an activating group) is 1. The van der Waals surface area contributed by atoms with Gasteiger partial charge >= 0.3 is 0 Å². The minimum Gasteiger partial charge on any atom is -0.496 e. The Kier molecular flexibility index (Phi) is 6.07. The fourth-order valence-corrected chi connectivity index (χ4v) is 2.97.